The van der Waals surface area contributed by atoms with Crippen LogP contribution in [0.5, 0.6) is 0 Å². The molecule has 0 saturated carbocycles. The zero-order chi connectivity index (χ0) is 15.9. The van der Waals surface area contributed by atoms with E-state index >= 15 is 0 Å². The zero-order valence-corrected chi connectivity index (χ0v) is 13.3. The minimum Gasteiger partial charge on any atom is -0.480 e. The normalized spacial score (nSPS) is 20.8. The third-order valence-corrected chi connectivity index (χ3v) is 4.35. The topological polar surface area (TPSA) is 87.7 Å². The number of nitrogens with one attached hydrogen (secondary N) is 2. The van der Waals surface area contributed by atoms with Crippen LogP contribution in [0.25, 0.3) is 0 Å². The molecular weight excluding hydrogens is 272 g/mol. The molecule has 1 heterocycles. The Bertz CT molecular complexity index is 352. The Hall–Kier alpha value is -1.14. The monoisotopic (exact) mass is 300 g/mol. The van der Waals surface area contributed by atoms with Gasteiger partial charge in [-0.1, -0.05) is 13.8 Å². The summed E-state index contributed by atoms with van der Waals surface area (Å²) in [6.45, 7) is 6.09. The average Bonchev–Trinajstić information content (AvgIpc) is 2.46. The van der Waals surface area contributed by atoms with Gasteiger partial charge in [-0.2, -0.15) is 0 Å². The van der Waals surface area contributed by atoms with Gasteiger partial charge >= 0.3 is 5.97 Å². The van der Waals surface area contributed by atoms with E-state index < -0.39 is 17.4 Å². The average molecular weight is 300 g/mol. The van der Waals surface area contributed by atoms with Crippen molar-refractivity contribution in [2.75, 3.05) is 26.8 Å². The summed E-state index contributed by atoms with van der Waals surface area (Å²) in [4.78, 5) is 23.7. The number of amides is 1. The number of aliphatic carboxylic acids is 1. The highest BCUT2D eigenvalue weighted by Gasteiger charge is 2.38. The van der Waals surface area contributed by atoms with Crippen LogP contribution in [0.2, 0.25) is 0 Å². The lowest BCUT2D eigenvalue weighted by molar-refractivity contribution is -0.144. The summed E-state index contributed by atoms with van der Waals surface area (Å²) >= 11 is 0. The van der Waals surface area contributed by atoms with Crippen LogP contribution in [-0.4, -0.2) is 49.8 Å². The second-order valence-electron chi connectivity index (χ2n) is 6.26. The molecule has 1 rings (SSSR count). The number of hydrogen-bond acceptors (Lipinski definition) is 4. The summed E-state index contributed by atoms with van der Waals surface area (Å²) in [5, 5.41) is 15.2. The number of carbonyl (C=O) groups excluding carboxylic acids is 1. The minimum absolute atomic E-state index is 0.180. The van der Waals surface area contributed by atoms with E-state index in [2.05, 4.69) is 10.6 Å². The van der Waals surface area contributed by atoms with Crippen LogP contribution in [0.1, 0.15) is 39.5 Å². The van der Waals surface area contributed by atoms with Crippen molar-refractivity contribution < 1.29 is 19.4 Å². The Morgan fingerprint density at radius 3 is 2.71 bits per heavy atom. The molecule has 0 aromatic heterocycles. The minimum atomic E-state index is -0.989. The molecule has 6 nitrogen and oxygen atoms in total. The Morgan fingerprint density at radius 1 is 1.48 bits per heavy atom. The quantitative estimate of drug-likeness (QED) is 0.582. The fourth-order valence-electron chi connectivity index (χ4n) is 2.69. The predicted molar refractivity (Wildman–Crippen MR) is 80.1 cm³/mol. The van der Waals surface area contributed by atoms with Crippen LogP contribution in [0.15, 0.2) is 0 Å². The maximum Gasteiger partial charge on any atom is 0.326 e. The Kier molecular flexibility index (Phi) is 7.11. The van der Waals surface area contributed by atoms with Gasteiger partial charge in [0.25, 0.3) is 0 Å². The van der Waals surface area contributed by atoms with Gasteiger partial charge < -0.3 is 20.5 Å². The number of hydrogen-bond donors (Lipinski definition) is 3. The lowest BCUT2D eigenvalue weighted by Gasteiger charge is -2.36. The molecule has 3 N–H and O–H groups in total. The van der Waals surface area contributed by atoms with Crippen molar-refractivity contribution in [2.24, 2.45) is 11.3 Å². The van der Waals surface area contributed by atoms with Gasteiger partial charge in [-0.25, -0.2) is 4.79 Å². The molecule has 21 heavy (non-hydrogen) atoms. The Morgan fingerprint density at radius 2 is 2.19 bits per heavy atom. The highest BCUT2D eigenvalue weighted by atomic mass is 16.5. The SMILES string of the molecule is COCCCC(NC(=O)C(C)(C)C1CCCNC1)C(=O)O. The number of piperidine rings is 1. The Labute approximate surface area is 126 Å². The second kappa shape index (κ2) is 8.34. The summed E-state index contributed by atoms with van der Waals surface area (Å²) in [6, 6.07) is -0.844. The van der Waals surface area contributed by atoms with Crippen LogP contribution in [0.3, 0.4) is 0 Å². The van der Waals surface area contributed by atoms with E-state index in [1.54, 1.807) is 7.11 Å². The van der Waals surface area contributed by atoms with Crippen molar-refractivity contribution in [3.05, 3.63) is 0 Å². The second-order valence-corrected chi connectivity index (χ2v) is 6.26. The molecule has 0 spiro atoms. The van der Waals surface area contributed by atoms with Crippen LogP contribution in [0.4, 0.5) is 0 Å². The molecule has 2 atom stereocenters. The first kappa shape index (κ1) is 17.9. The molecule has 0 radical (unpaired) electrons. The fourth-order valence-corrected chi connectivity index (χ4v) is 2.69. The van der Waals surface area contributed by atoms with Crippen molar-refractivity contribution in [3.8, 4) is 0 Å². The molecule has 1 amide bonds. The fraction of sp³-hybridized carbons (Fsp3) is 0.867. The van der Waals surface area contributed by atoms with Crippen molar-refractivity contribution in [1.29, 1.82) is 0 Å². The van der Waals surface area contributed by atoms with Crippen molar-refractivity contribution in [3.63, 3.8) is 0 Å². The smallest absolute Gasteiger partial charge is 0.326 e. The summed E-state index contributed by atoms with van der Waals surface area (Å²) < 4.78 is 4.93. The van der Waals surface area contributed by atoms with Gasteiger partial charge in [0.05, 0.1) is 0 Å². The first-order chi connectivity index (χ1) is 9.89. The maximum atomic E-state index is 12.5. The summed E-state index contributed by atoms with van der Waals surface area (Å²) in [7, 11) is 1.58. The van der Waals surface area contributed by atoms with E-state index in [0.717, 1.165) is 25.9 Å². The molecule has 2 unspecified atom stereocenters. The van der Waals surface area contributed by atoms with Crippen LogP contribution < -0.4 is 10.6 Å². The molecule has 1 aliphatic rings. The van der Waals surface area contributed by atoms with Gasteiger partial charge in [-0.3, -0.25) is 4.79 Å². The summed E-state index contributed by atoms with van der Waals surface area (Å²) in [6.07, 6.45) is 3.04. The highest BCUT2D eigenvalue weighted by molar-refractivity contribution is 5.87. The molecule has 1 saturated heterocycles. The van der Waals surface area contributed by atoms with E-state index in [4.69, 9.17) is 4.74 Å². The molecule has 0 aromatic rings. The molecule has 0 bridgehead atoms. The lowest BCUT2D eigenvalue weighted by atomic mass is 9.74. The van der Waals surface area contributed by atoms with Crippen LogP contribution in [0, 0.1) is 11.3 Å². The van der Waals surface area contributed by atoms with E-state index in [1.807, 2.05) is 13.8 Å². The number of carboxylic acid groups (broad SMARTS) is 1. The number of rotatable bonds is 8. The molecule has 1 aliphatic heterocycles. The standard InChI is InChI=1S/C15H28N2O4/c1-15(2,11-6-4-8-16-10-11)14(20)17-12(13(18)19)7-5-9-21-3/h11-12,16H,4-10H2,1-3H3,(H,17,20)(H,18,19). The molecular formula is C15H28N2O4. The van der Waals surface area contributed by atoms with Crippen LogP contribution >= 0.6 is 0 Å². The number of carboxylic acids is 1. The van der Waals surface area contributed by atoms with E-state index in [1.165, 1.54) is 0 Å². The van der Waals surface area contributed by atoms with E-state index in [-0.39, 0.29) is 11.8 Å². The molecule has 0 aromatic carbocycles. The van der Waals surface area contributed by atoms with E-state index in [9.17, 15) is 14.7 Å². The summed E-state index contributed by atoms with van der Waals surface area (Å²) in [5.74, 6) is -0.933. The van der Waals surface area contributed by atoms with Gasteiger partial charge in [-0.15, -0.1) is 0 Å². The van der Waals surface area contributed by atoms with Crippen molar-refractivity contribution in [1.82, 2.24) is 10.6 Å². The molecule has 6 heteroatoms. The van der Waals surface area contributed by atoms with Crippen molar-refractivity contribution >= 4 is 11.9 Å². The zero-order valence-electron chi connectivity index (χ0n) is 13.3. The third-order valence-electron chi connectivity index (χ3n) is 4.35. The molecule has 1 fully saturated rings. The van der Waals surface area contributed by atoms with Gasteiger partial charge in [0.2, 0.25) is 5.91 Å². The van der Waals surface area contributed by atoms with Gasteiger partial charge in [-0.05, 0) is 44.7 Å². The van der Waals surface area contributed by atoms with E-state index in [0.29, 0.717) is 19.4 Å². The van der Waals surface area contributed by atoms with Gasteiger partial charge in [0.1, 0.15) is 6.04 Å². The van der Waals surface area contributed by atoms with Crippen LogP contribution in [-0.2, 0) is 14.3 Å². The first-order valence-electron chi connectivity index (χ1n) is 7.63. The lowest BCUT2D eigenvalue weighted by Crippen LogP contribution is -2.51. The molecule has 122 valence electrons. The Balaban J connectivity index is 2.59. The molecule has 0 aliphatic carbocycles. The van der Waals surface area contributed by atoms with Gasteiger partial charge in [0, 0.05) is 19.1 Å². The third kappa shape index (κ3) is 5.28. The van der Waals surface area contributed by atoms with Gasteiger partial charge in [0.15, 0.2) is 0 Å². The highest BCUT2D eigenvalue weighted by Crippen LogP contribution is 2.32. The first-order valence-corrected chi connectivity index (χ1v) is 7.63. The number of carbonyl (C=O) groups is 2. The maximum absolute atomic E-state index is 12.5. The number of ether oxygens (including phenoxy) is 1. The summed E-state index contributed by atoms with van der Waals surface area (Å²) in [5.41, 5.74) is -0.567. The van der Waals surface area contributed by atoms with Crippen molar-refractivity contribution in [2.45, 2.75) is 45.6 Å². The number of methoxy groups -OCH3 is 1. The largest absolute Gasteiger partial charge is 0.480 e. The predicted octanol–water partition coefficient (Wildman–Crippen LogP) is 1.01.